The summed E-state index contributed by atoms with van der Waals surface area (Å²) in [5.74, 6) is 1.19. The van der Waals surface area contributed by atoms with Crippen LogP contribution in [0.4, 0.5) is 10.6 Å². The molecular formula is C20H25ClN4O3. The lowest BCUT2D eigenvalue weighted by Gasteiger charge is -2.33. The van der Waals surface area contributed by atoms with Gasteiger partial charge in [0.05, 0.1) is 0 Å². The van der Waals surface area contributed by atoms with E-state index in [0.717, 1.165) is 48.9 Å². The Morgan fingerprint density at radius 3 is 2.82 bits per heavy atom. The van der Waals surface area contributed by atoms with Crippen LogP contribution in [0.1, 0.15) is 19.3 Å². The molecule has 2 aromatic rings. The van der Waals surface area contributed by atoms with Crippen molar-refractivity contribution in [1.29, 1.82) is 0 Å². The predicted molar refractivity (Wildman–Crippen MR) is 110 cm³/mol. The van der Waals surface area contributed by atoms with Crippen LogP contribution in [0, 0.1) is 5.92 Å². The number of carbonyl (C=O) groups excluding carboxylic acids is 2. The molecule has 1 aromatic heterocycles. The van der Waals surface area contributed by atoms with Gasteiger partial charge in [-0.2, -0.15) is 0 Å². The summed E-state index contributed by atoms with van der Waals surface area (Å²) in [5.41, 5.74) is 0. The molecule has 2 amide bonds. The average Bonchev–Trinajstić information content (AvgIpc) is 2.72. The van der Waals surface area contributed by atoms with E-state index in [9.17, 15) is 9.59 Å². The van der Waals surface area contributed by atoms with Crippen molar-refractivity contribution in [3.8, 4) is 0 Å². The lowest BCUT2D eigenvalue weighted by molar-refractivity contribution is -0.123. The summed E-state index contributed by atoms with van der Waals surface area (Å²) in [6.07, 6.45) is 4.24. The number of benzene rings is 1. The van der Waals surface area contributed by atoms with E-state index < -0.39 is 6.09 Å². The first-order chi connectivity index (χ1) is 13.6. The van der Waals surface area contributed by atoms with E-state index in [1.54, 1.807) is 0 Å². The molecule has 0 saturated carbocycles. The van der Waals surface area contributed by atoms with E-state index in [1.807, 2.05) is 30.5 Å². The number of anilines is 1. The van der Waals surface area contributed by atoms with Gasteiger partial charge in [-0.1, -0.05) is 17.7 Å². The van der Waals surface area contributed by atoms with Crippen molar-refractivity contribution in [2.24, 2.45) is 5.92 Å². The SMILES string of the molecule is CNC(=O)COC(=O)NCCC1CCN(c2nccc3ccc(Cl)cc23)CC1. The fourth-order valence-corrected chi connectivity index (χ4v) is 3.62. The number of piperidine rings is 1. The Bertz CT molecular complexity index is 837. The molecule has 1 fully saturated rings. The molecule has 0 aliphatic carbocycles. The zero-order chi connectivity index (χ0) is 19.9. The van der Waals surface area contributed by atoms with Gasteiger partial charge in [-0.05, 0) is 48.8 Å². The van der Waals surface area contributed by atoms with Gasteiger partial charge in [-0.3, -0.25) is 4.79 Å². The number of alkyl carbamates (subject to hydrolysis) is 1. The van der Waals surface area contributed by atoms with Crippen LogP contribution in [0.25, 0.3) is 10.8 Å². The summed E-state index contributed by atoms with van der Waals surface area (Å²) >= 11 is 6.17. The molecule has 0 unspecified atom stereocenters. The van der Waals surface area contributed by atoms with Crippen LogP contribution in [-0.4, -0.2) is 50.3 Å². The van der Waals surface area contributed by atoms with Gasteiger partial charge in [0.15, 0.2) is 6.61 Å². The van der Waals surface area contributed by atoms with Crippen LogP contribution >= 0.6 is 11.6 Å². The van der Waals surface area contributed by atoms with E-state index in [4.69, 9.17) is 16.3 Å². The van der Waals surface area contributed by atoms with Crippen LogP contribution < -0.4 is 15.5 Å². The summed E-state index contributed by atoms with van der Waals surface area (Å²) in [6.45, 7) is 2.12. The van der Waals surface area contributed by atoms with E-state index in [0.29, 0.717) is 17.5 Å². The molecule has 0 spiro atoms. The van der Waals surface area contributed by atoms with Crippen molar-refractivity contribution < 1.29 is 14.3 Å². The zero-order valence-electron chi connectivity index (χ0n) is 15.9. The molecule has 1 saturated heterocycles. The number of fused-ring (bicyclic) bond motifs is 1. The van der Waals surface area contributed by atoms with Gasteiger partial charge in [-0.25, -0.2) is 9.78 Å². The van der Waals surface area contributed by atoms with Crippen LogP contribution in [0.15, 0.2) is 30.5 Å². The highest BCUT2D eigenvalue weighted by Crippen LogP contribution is 2.30. The number of nitrogens with zero attached hydrogens (tertiary/aromatic N) is 2. The molecule has 3 rings (SSSR count). The van der Waals surface area contributed by atoms with E-state index >= 15 is 0 Å². The molecule has 7 nitrogen and oxygen atoms in total. The Morgan fingerprint density at radius 2 is 2.07 bits per heavy atom. The summed E-state index contributed by atoms with van der Waals surface area (Å²) in [5, 5.41) is 8.03. The number of carbonyl (C=O) groups is 2. The second kappa shape index (κ2) is 9.59. The highest BCUT2D eigenvalue weighted by Gasteiger charge is 2.21. The fourth-order valence-electron chi connectivity index (χ4n) is 3.44. The lowest BCUT2D eigenvalue weighted by Crippen LogP contribution is -2.36. The monoisotopic (exact) mass is 404 g/mol. The van der Waals surface area contributed by atoms with Gasteiger partial charge < -0.3 is 20.3 Å². The normalized spacial score (nSPS) is 14.7. The molecule has 8 heteroatoms. The first-order valence-electron chi connectivity index (χ1n) is 9.47. The molecule has 1 aliphatic heterocycles. The number of pyridine rings is 1. The Kier molecular flexibility index (Phi) is 6.92. The standard InChI is InChI=1S/C20H25ClN4O3/c1-22-18(26)13-28-20(27)24-8-4-14-6-10-25(11-7-14)19-17-12-16(21)3-2-15(17)5-9-23-19/h2-3,5,9,12,14H,4,6-8,10-11,13H2,1H3,(H,22,26)(H,24,27). The van der Waals surface area contributed by atoms with E-state index in [-0.39, 0.29) is 12.5 Å². The van der Waals surface area contributed by atoms with Crippen molar-refractivity contribution >= 4 is 40.2 Å². The average molecular weight is 405 g/mol. The molecule has 0 radical (unpaired) electrons. The topological polar surface area (TPSA) is 83.6 Å². The highest BCUT2D eigenvalue weighted by atomic mass is 35.5. The predicted octanol–water partition coefficient (Wildman–Crippen LogP) is 2.97. The maximum absolute atomic E-state index is 11.6. The minimum atomic E-state index is -0.558. The van der Waals surface area contributed by atoms with Gasteiger partial charge in [0.25, 0.3) is 5.91 Å². The van der Waals surface area contributed by atoms with Crippen molar-refractivity contribution in [2.75, 3.05) is 38.2 Å². The van der Waals surface area contributed by atoms with Gasteiger partial charge in [-0.15, -0.1) is 0 Å². The van der Waals surface area contributed by atoms with Crippen LogP contribution in [0.3, 0.4) is 0 Å². The Hall–Kier alpha value is -2.54. The smallest absolute Gasteiger partial charge is 0.407 e. The summed E-state index contributed by atoms with van der Waals surface area (Å²) in [6, 6.07) is 7.88. The third kappa shape index (κ3) is 5.25. The summed E-state index contributed by atoms with van der Waals surface area (Å²) in [7, 11) is 1.50. The first-order valence-corrected chi connectivity index (χ1v) is 9.85. The van der Waals surface area contributed by atoms with Gasteiger partial charge in [0.2, 0.25) is 0 Å². The number of hydrogen-bond donors (Lipinski definition) is 2. The third-order valence-electron chi connectivity index (χ3n) is 5.06. The Morgan fingerprint density at radius 1 is 1.29 bits per heavy atom. The Labute approximate surface area is 169 Å². The molecule has 1 aliphatic rings. The molecule has 28 heavy (non-hydrogen) atoms. The van der Waals surface area contributed by atoms with Crippen molar-refractivity contribution in [2.45, 2.75) is 19.3 Å². The number of amides is 2. The quantitative estimate of drug-likeness (QED) is 0.773. The number of hydrogen-bond acceptors (Lipinski definition) is 5. The number of halogens is 1. The maximum atomic E-state index is 11.6. The number of ether oxygens (including phenoxy) is 1. The highest BCUT2D eigenvalue weighted by molar-refractivity contribution is 6.31. The number of rotatable bonds is 6. The molecule has 0 bridgehead atoms. The van der Waals surface area contributed by atoms with Crippen molar-refractivity contribution in [3.63, 3.8) is 0 Å². The minimum absolute atomic E-state index is 0.261. The fraction of sp³-hybridized carbons (Fsp3) is 0.450. The minimum Gasteiger partial charge on any atom is -0.439 e. The van der Waals surface area contributed by atoms with Gasteiger partial charge in [0.1, 0.15) is 5.82 Å². The zero-order valence-corrected chi connectivity index (χ0v) is 16.7. The largest absolute Gasteiger partial charge is 0.439 e. The third-order valence-corrected chi connectivity index (χ3v) is 5.29. The second-order valence-corrected chi connectivity index (χ2v) is 7.33. The van der Waals surface area contributed by atoms with Gasteiger partial charge in [0, 0.05) is 43.3 Å². The van der Waals surface area contributed by atoms with Crippen LogP contribution in [-0.2, 0) is 9.53 Å². The first kappa shape index (κ1) is 20.2. The van der Waals surface area contributed by atoms with Crippen LogP contribution in [0.5, 0.6) is 0 Å². The molecule has 2 N–H and O–H groups in total. The Balaban J connectivity index is 1.46. The van der Waals surface area contributed by atoms with Crippen molar-refractivity contribution in [1.82, 2.24) is 15.6 Å². The van der Waals surface area contributed by atoms with Crippen molar-refractivity contribution in [3.05, 3.63) is 35.5 Å². The number of nitrogens with one attached hydrogen (secondary N) is 2. The molecule has 1 aromatic carbocycles. The van der Waals surface area contributed by atoms with E-state index in [2.05, 4.69) is 20.5 Å². The lowest BCUT2D eigenvalue weighted by atomic mass is 9.93. The molecule has 150 valence electrons. The summed E-state index contributed by atoms with van der Waals surface area (Å²) in [4.78, 5) is 29.5. The molecule has 2 heterocycles. The molecule has 0 atom stereocenters. The number of aromatic nitrogens is 1. The van der Waals surface area contributed by atoms with Crippen LogP contribution in [0.2, 0.25) is 5.02 Å². The van der Waals surface area contributed by atoms with Gasteiger partial charge >= 0.3 is 6.09 Å². The second-order valence-electron chi connectivity index (χ2n) is 6.90. The summed E-state index contributed by atoms with van der Waals surface area (Å²) < 4.78 is 4.82. The number of likely N-dealkylation sites (N-methyl/N-ethyl adjacent to an activating group) is 1. The van der Waals surface area contributed by atoms with E-state index in [1.165, 1.54) is 7.05 Å². The maximum Gasteiger partial charge on any atom is 0.407 e. The molecular weight excluding hydrogens is 380 g/mol.